The molecule has 0 saturated heterocycles. The van der Waals surface area contributed by atoms with Gasteiger partial charge in [0.05, 0.1) is 12.3 Å². The van der Waals surface area contributed by atoms with Crippen LogP contribution in [0.3, 0.4) is 0 Å². The zero-order valence-corrected chi connectivity index (χ0v) is 17.2. The predicted molar refractivity (Wildman–Crippen MR) is 106 cm³/mol. The topological polar surface area (TPSA) is 82.6 Å². The molecule has 0 radical (unpaired) electrons. The van der Waals surface area contributed by atoms with Gasteiger partial charge in [0.1, 0.15) is 0 Å². The van der Waals surface area contributed by atoms with Gasteiger partial charge in [-0.05, 0) is 38.3 Å². The quantitative estimate of drug-likeness (QED) is 0.317. The fraction of sp³-hybridized carbons (Fsp3) is 0.588. The Morgan fingerprint density at radius 1 is 1.20 bits per heavy atom. The smallest absolute Gasteiger partial charge is 0.211 e. The number of benzene rings is 1. The summed E-state index contributed by atoms with van der Waals surface area (Å²) >= 11 is 3.64. The second kappa shape index (κ2) is 9.00. The minimum atomic E-state index is -3.15. The highest BCUT2D eigenvalue weighted by molar-refractivity contribution is 9.10. The summed E-state index contributed by atoms with van der Waals surface area (Å²) in [5.74, 6) is 0.812. The average Bonchev–Trinajstić information content (AvgIpc) is 3.38. The second-order valence-corrected chi connectivity index (χ2v) is 9.13. The zero-order chi connectivity index (χ0) is 18.3. The number of halogens is 1. The van der Waals surface area contributed by atoms with Crippen LogP contribution in [0.5, 0.6) is 0 Å². The first-order valence-electron chi connectivity index (χ1n) is 8.67. The van der Waals surface area contributed by atoms with Gasteiger partial charge < -0.3 is 10.6 Å². The molecule has 0 atom stereocenters. The van der Waals surface area contributed by atoms with Crippen molar-refractivity contribution in [3.63, 3.8) is 0 Å². The van der Waals surface area contributed by atoms with Crippen LogP contribution in [0.4, 0.5) is 0 Å². The van der Waals surface area contributed by atoms with Crippen LogP contribution in [0.25, 0.3) is 0 Å². The van der Waals surface area contributed by atoms with Gasteiger partial charge >= 0.3 is 0 Å². The van der Waals surface area contributed by atoms with Crippen LogP contribution < -0.4 is 15.4 Å². The Hall–Kier alpha value is -1.12. The van der Waals surface area contributed by atoms with Crippen LogP contribution in [0, 0.1) is 0 Å². The first kappa shape index (κ1) is 20.2. The Morgan fingerprint density at radius 3 is 2.52 bits per heavy atom. The summed E-state index contributed by atoms with van der Waals surface area (Å²) in [7, 11) is -3.15. The van der Waals surface area contributed by atoms with E-state index in [2.05, 4.69) is 49.5 Å². The van der Waals surface area contributed by atoms with E-state index < -0.39 is 10.0 Å². The largest absolute Gasteiger partial charge is 0.357 e. The van der Waals surface area contributed by atoms with Gasteiger partial charge in [-0.3, -0.25) is 4.99 Å². The lowest BCUT2D eigenvalue weighted by Crippen LogP contribution is -2.42. The van der Waals surface area contributed by atoms with Crippen LogP contribution in [0.2, 0.25) is 0 Å². The van der Waals surface area contributed by atoms with Crippen LogP contribution in [-0.4, -0.2) is 46.3 Å². The number of hydrogen-bond donors (Lipinski definition) is 3. The number of nitrogens with zero attached hydrogens (tertiary/aromatic N) is 1. The van der Waals surface area contributed by atoms with Crippen molar-refractivity contribution in [3.05, 3.63) is 34.3 Å². The van der Waals surface area contributed by atoms with Crippen molar-refractivity contribution in [1.82, 2.24) is 15.4 Å². The van der Waals surface area contributed by atoms with E-state index >= 15 is 0 Å². The minimum Gasteiger partial charge on any atom is -0.357 e. The summed E-state index contributed by atoms with van der Waals surface area (Å²) in [6.07, 6.45) is 2.27. The Bertz CT molecular complexity index is 702. The van der Waals surface area contributed by atoms with Crippen molar-refractivity contribution >= 4 is 31.9 Å². The maximum Gasteiger partial charge on any atom is 0.211 e. The van der Waals surface area contributed by atoms with E-state index in [0.717, 1.165) is 29.8 Å². The SMILES string of the molecule is CCNC(=NCC1(c2ccccc2Br)CC1)NCCNS(=O)(=O)CC. The molecule has 1 aliphatic rings. The molecule has 1 aliphatic carbocycles. The summed E-state index contributed by atoms with van der Waals surface area (Å²) in [5, 5.41) is 6.39. The van der Waals surface area contributed by atoms with E-state index in [-0.39, 0.29) is 11.2 Å². The van der Waals surface area contributed by atoms with Gasteiger partial charge in [-0.15, -0.1) is 0 Å². The van der Waals surface area contributed by atoms with Crippen molar-refractivity contribution in [1.29, 1.82) is 0 Å². The van der Waals surface area contributed by atoms with Gasteiger partial charge in [0, 0.05) is 29.5 Å². The molecule has 0 unspecified atom stereocenters. The fourth-order valence-corrected chi connectivity index (χ4v) is 3.94. The molecule has 2 rings (SSSR count). The number of rotatable bonds is 9. The molecule has 0 aromatic heterocycles. The maximum absolute atomic E-state index is 11.4. The fourth-order valence-electron chi connectivity index (χ4n) is 2.62. The third-order valence-electron chi connectivity index (χ3n) is 4.30. The highest BCUT2D eigenvalue weighted by Gasteiger charge is 2.45. The normalized spacial score (nSPS) is 16.5. The van der Waals surface area contributed by atoms with Crippen molar-refractivity contribution in [2.24, 2.45) is 4.99 Å². The third kappa shape index (κ3) is 5.97. The van der Waals surface area contributed by atoms with E-state index in [4.69, 9.17) is 4.99 Å². The molecule has 1 aromatic rings. The first-order chi connectivity index (χ1) is 11.9. The van der Waals surface area contributed by atoms with E-state index in [0.29, 0.717) is 19.6 Å². The van der Waals surface area contributed by atoms with E-state index in [1.54, 1.807) is 6.92 Å². The molecule has 1 aromatic carbocycles. The van der Waals surface area contributed by atoms with Crippen LogP contribution in [0.15, 0.2) is 33.7 Å². The maximum atomic E-state index is 11.4. The van der Waals surface area contributed by atoms with Gasteiger partial charge in [0.25, 0.3) is 0 Å². The Labute approximate surface area is 159 Å². The predicted octanol–water partition coefficient (Wildman–Crippen LogP) is 1.98. The molecule has 0 amide bonds. The van der Waals surface area contributed by atoms with E-state index in [1.165, 1.54) is 5.56 Å². The first-order valence-corrected chi connectivity index (χ1v) is 11.1. The third-order valence-corrected chi connectivity index (χ3v) is 6.40. The van der Waals surface area contributed by atoms with Crippen LogP contribution in [0.1, 0.15) is 32.3 Å². The summed E-state index contributed by atoms with van der Waals surface area (Å²) in [6, 6.07) is 8.32. The van der Waals surface area contributed by atoms with Crippen LogP contribution in [-0.2, 0) is 15.4 Å². The highest BCUT2D eigenvalue weighted by Crippen LogP contribution is 2.50. The molecule has 0 bridgehead atoms. The van der Waals surface area contributed by atoms with Gasteiger partial charge in [0.2, 0.25) is 10.0 Å². The Morgan fingerprint density at radius 2 is 1.92 bits per heavy atom. The molecule has 0 spiro atoms. The molecule has 1 fully saturated rings. The number of sulfonamides is 1. The van der Waals surface area contributed by atoms with Gasteiger partial charge in [-0.1, -0.05) is 34.1 Å². The molecule has 6 nitrogen and oxygen atoms in total. The second-order valence-electron chi connectivity index (χ2n) is 6.18. The molecular formula is C17H27BrN4O2S. The van der Waals surface area contributed by atoms with Gasteiger partial charge in [0.15, 0.2) is 5.96 Å². The molecule has 8 heteroatoms. The van der Waals surface area contributed by atoms with Gasteiger partial charge in [-0.25, -0.2) is 13.1 Å². The number of aliphatic imine (C=N–C) groups is 1. The molecule has 0 heterocycles. The van der Waals surface area contributed by atoms with Gasteiger partial charge in [-0.2, -0.15) is 0 Å². The number of nitrogens with one attached hydrogen (secondary N) is 3. The summed E-state index contributed by atoms with van der Waals surface area (Å²) in [4.78, 5) is 4.72. The summed E-state index contributed by atoms with van der Waals surface area (Å²) in [6.45, 7) is 5.94. The molecular weight excluding hydrogens is 404 g/mol. The van der Waals surface area contributed by atoms with E-state index in [1.807, 2.05) is 13.0 Å². The monoisotopic (exact) mass is 430 g/mol. The van der Waals surface area contributed by atoms with Crippen molar-refractivity contribution in [3.8, 4) is 0 Å². The number of hydrogen-bond acceptors (Lipinski definition) is 3. The van der Waals surface area contributed by atoms with Crippen molar-refractivity contribution < 1.29 is 8.42 Å². The van der Waals surface area contributed by atoms with Crippen molar-refractivity contribution in [2.75, 3.05) is 31.9 Å². The van der Waals surface area contributed by atoms with Crippen molar-refractivity contribution in [2.45, 2.75) is 32.1 Å². The lowest BCUT2D eigenvalue weighted by Gasteiger charge is -2.17. The lowest BCUT2D eigenvalue weighted by molar-refractivity contribution is 0.581. The molecule has 25 heavy (non-hydrogen) atoms. The zero-order valence-electron chi connectivity index (χ0n) is 14.8. The number of guanidine groups is 1. The lowest BCUT2D eigenvalue weighted by atomic mass is 9.96. The summed E-state index contributed by atoms with van der Waals surface area (Å²) in [5.41, 5.74) is 1.43. The van der Waals surface area contributed by atoms with Crippen LogP contribution >= 0.6 is 15.9 Å². The van der Waals surface area contributed by atoms with E-state index in [9.17, 15) is 8.42 Å². The molecule has 0 aliphatic heterocycles. The molecule has 1 saturated carbocycles. The standard InChI is InChI=1S/C17H27BrN4O2S/c1-3-19-16(20-11-12-22-25(23,24)4-2)21-13-17(9-10-17)14-7-5-6-8-15(14)18/h5-8,22H,3-4,9-13H2,1-2H3,(H2,19,20,21). The summed E-state index contributed by atoms with van der Waals surface area (Å²) < 4.78 is 26.5. The Kier molecular flexibility index (Phi) is 7.27. The molecule has 3 N–H and O–H groups in total. The average molecular weight is 431 g/mol. The Balaban J connectivity index is 1.92. The highest BCUT2D eigenvalue weighted by atomic mass is 79.9. The molecule has 140 valence electrons. The minimum absolute atomic E-state index is 0.0929.